The highest BCUT2D eigenvalue weighted by Gasteiger charge is 2.42. The minimum atomic E-state index is -1.55. The van der Waals surface area contributed by atoms with E-state index in [1.807, 2.05) is 0 Å². The summed E-state index contributed by atoms with van der Waals surface area (Å²) in [5, 5.41) is 1.46. The third-order valence-electron chi connectivity index (χ3n) is 4.75. The molecule has 2 fully saturated rings. The highest BCUT2D eigenvalue weighted by molar-refractivity contribution is 6.80. The Morgan fingerprint density at radius 1 is 0.824 bits per heavy atom. The van der Waals surface area contributed by atoms with Crippen LogP contribution in [0.25, 0.3) is 0 Å². The second-order valence-corrected chi connectivity index (χ2v) is 10.1. The molecule has 2 rings (SSSR count). The fourth-order valence-corrected chi connectivity index (χ4v) is 7.25. The molecule has 0 unspecified atom stereocenters. The molecule has 0 aliphatic carbocycles. The molecule has 2 aliphatic rings. The van der Waals surface area contributed by atoms with Crippen molar-refractivity contribution < 1.29 is 0 Å². The summed E-state index contributed by atoms with van der Waals surface area (Å²) in [5.41, 5.74) is 0. The predicted octanol–water partition coefficient (Wildman–Crippen LogP) is 3.15. The Hall–Kier alpha value is -0.123. The molecule has 2 nitrogen and oxygen atoms in total. The van der Waals surface area contributed by atoms with E-state index in [1.54, 1.807) is 0 Å². The topological polar surface area (TPSA) is 6.48 Å². The molecule has 0 saturated carbocycles. The van der Waals surface area contributed by atoms with E-state index in [0.29, 0.717) is 0 Å². The maximum absolute atomic E-state index is 4.36. The van der Waals surface area contributed by atoms with Crippen LogP contribution in [0.1, 0.15) is 45.4 Å². The number of piperidine rings is 2. The highest BCUT2D eigenvalue weighted by atomic mass is 28.3. The maximum Gasteiger partial charge on any atom is 0.231 e. The SMILES string of the molecule is C=C(C)[Si](C)(N1CCCCC1)N1CCCCC1. The molecule has 3 heteroatoms. The van der Waals surface area contributed by atoms with E-state index in [9.17, 15) is 0 Å². The van der Waals surface area contributed by atoms with E-state index >= 15 is 0 Å². The van der Waals surface area contributed by atoms with Crippen molar-refractivity contribution in [1.29, 1.82) is 0 Å². The van der Waals surface area contributed by atoms with Gasteiger partial charge in [-0.3, -0.25) is 0 Å². The van der Waals surface area contributed by atoms with Crippen LogP contribution in [0.5, 0.6) is 0 Å². The molecule has 0 amide bonds. The minimum Gasteiger partial charge on any atom is -0.308 e. The van der Waals surface area contributed by atoms with Gasteiger partial charge >= 0.3 is 0 Å². The van der Waals surface area contributed by atoms with Crippen molar-refractivity contribution in [2.75, 3.05) is 26.2 Å². The Balaban J connectivity index is 2.14. The van der Waals surface area contributed by atoms with Gasteiger partial charge in [0.15, 0.2) is 0 Å². The van der Waals surface area contributed by atoms with Gasteiger partial charge in [-0.1, -0.05) is 18.0 Å². The molecule has 0 aromatic heterocycles. The minimum absolute atomic E-state index is 1.31. The van der Waals surface area contributed by atoms with Gasteiger partial charge < -0.3 is 9.13 Å². The molecule has 0 radical (unpaired) electrons. The van der Waals surface area contributed by atoms with Crippen molar-refractivity contribution in [3.63, 3.8) is 0 Å². The second-order valence-electron chi connectivity index (χ2n) is 5.90. The summed E-state index contributed by atoms with van der Waals surface area (Å²) in [6.45, 7) is 14.4. The van der Waals surface area contributed by atoms with Crippen LogP contribution in [0.3, 0.4) is 0 Å². The third kappa shape index (κ3) is 2.66. The van der Waals surface area contributed by atoms with Crippen LogP contribution in [-0.4, -0.2) is 43.7 Å². The average molecular weight is 252 g/mol. The van der Waals surface area contributed by atoms with Gasteiger partial charge in [-0.05, 0) is 65.3 Å². The molecule has 0 bridgehead atoms. The molecule has 0 aromatic rings. The lowest BCUT2D eigenvalue weighted by Gasteiger charge is -2.50. The monoisotopic (exact) mass is 252 g/mol. The molecule has 2 heterocycles. The van der Waals surface area contributed by atoms with E-state index in [2.05, 4.69) is 29.2 Å². The summed E-state index contributed by atoms with van der Waals surface area (Å²) in [6.07, 6.45) is 8.43. The van der Waals surface area contributed by atoms with E-state index in [-0.39, 0.29) is 0 Å². The summed E-state index contributed by atoms with van der Waals surface area (Å²) in [7, 11) is -1.55. The summed E-state index contributed by atoms with van der Waals surface area (Å²) >= 11 is 0. The predicted molar refractivity (Wildman–Crippen MR) is 77.3 cm³/mol. The van der Waals surface area contributed by atoms with Crippen molar-refractivity contribution in [2.24, 2.45) is 0 Å². The smallest absolute Gasteiger partial charge is 0.231 e. The summed E-state index contributed by atoms with van der Waals surface area (Å²) < 4.78 is 5.62. The lowest BCUT2D eigenvalue weighted by Crippen LogP contribution is -2.66. The molecular formula is C14H28N2Si. The first-order valence-electron chi connectivity index (χ1n) is 7.32. The molecule has 17 heavy (non-hydrogen) atoms. The largest absolute Gasteiger partial charge is 0.308 e. The van der Waals surface area contributed by atoms with Gasteiger partial charge in [-0.15, -0.1) is 6.58 Å². The summed E-state index contributed by atoms with van der Waals surface area (Å²) in [6, 6.07) is 0. The van der Waals surface area contributed by atoms with Crippen LogP contribution < -0.4 is 0 Å². The van der Waals surface area contributed by atoms with Gasteiger partial charge in [-0.2, -0.15) is 0 Å². The Morgan fingerprint density at radius 3 is 1.47 bits per heavy atom. The average Bonchev–Trinajstić information content (AvgIpc) is 2.39. The number of nitrogens with zero attached hydrogens (tertiary/aromatic N) is 2. The van der Waals surface area contributed by atoms with Crippen molar-refractivity contribution in [1.82, 2.24) is 9.13 Å². The van der Waals surface area contributed by atoms with Crippen LogP contribution >= 0.6 is 0 Å². The Kier molecular flexibility index (Phi) is 4.45. The zero-order valence-electron chi connectivity index (χ0n) is 11.7. The molecule has 2 aliphatic heterocycles. The van der Waals surface area contributed by atoms with Crippen molar-refractivity contribution in [2.45, 2.75) is 52.0 Å². The Morgan fingerprint density at radius 2 is 1.18 bits per heavy atom. The van der Waals surface area contributed by atoms with E-state index in [4.69, 9.17) is 0 Å². The molecule has 0 N–H and O–H groups in total. The Bertz CT molecular complexity index is 247. The van der Waals surface area contributed by atoms with Crippen LogP contribution in [0.2, 0.25) is 6.55 Å². The fourth-order valence-electron chi connectivity index (χ4n) is 3.40. The van der Waals surface area contributed by atoms with Gasteiger partial charge in [0.25, 0.3) is 0 Å². The fraction of sp³-hybridized carbons (Fsp3) is 0.857. The maximum atomic E-state index is 4.36. The zero-order chi connectivity index (χ0) is 12.3. The molecule has 0 atom stereocenters. The van der Waals surface area contributed by atoms with Crippen molar-refractivity contribution in [3.8, 4) is 0 Å². The van der Waals surface area contributed by atoms with E-state index < -0.39 is 8.40 Å². The number of hydrogen-bond donors (Lipinski definition) is 0. The number of rotatable bonds is 3. The summed E-state index contributed by atoms with van der Waals surface area (Å²) in [5.74, 6) is 0. The quantitative estimate of drug-likeness (QED) is 0.712. The van der Waals surface area contributed by atoms with Crippen LogP contribution in [-0.2, 0) is 0 Å². The highest BCUT2D eigenvalue weighted by Crippen LogP contribution is 2.28. The first-order valence-corrected chi connectivity index (χ1v) is 9.71. The van der Waals surface area contributed by atoms with Gasteiger partial charge in [0.2, 0.25) is 8.40 Å². The van der Waals surface area contributed by atoms with Crippen molar-refractivity contribution >= 4 is 8.40 Å². The molecule has 2 saturated heterocycles. The molecular weight excluding hydrogens is 224 g/mol. The molecule has 0 spiro atoms. The second kappa shape index (κ2) is 5.68. The molecule has 0 aromatic carbocycles. The Labute approximate surface area is 108 Å². The first kappa shape index (κ1) is 13.3. The number of hydrogen-bond acceptors (Lipinski definition) is 2. The normalized spacial score (nSPS) is 24.8. The van der Waals surface area contributed by atoms with Crippen LogP contribution in [0.15, 0.2) is 11.8 Å². The van der Waals surface area contributed by atoms with Gasteiger partial charge in [0, 0.05) is 0 Å². The number of allylic oxidation sites excluding steroid dienone is 1. The first-order chi connectivity index (χ1) is 8.15. The van der Waals surface area contributed by atoms with Gasteiger partial charge in [0.05, 0.1) is 0 Å². The van der Waals surface area contributed by atoms with Gasteiger partial charge in [0.1, 0.15) is 0 Å². The standard InChI is InChI=1S/C14H28N2Si/c1-14(2)17(3,15-10-6-4-7-11-15)16-12-8-5-9-13-16/h1,4-13H2,2-3H3. The van der Waals surface area contributed by atoms with Crippen LogP contribution in [0, 0.1) is 0 Å². The van der Waals surface area contributed by atoms with E-state index in [0.717, 1.165) is 0 Å². The lowest BCUT2D eigenvalue weighted by molar-refractivity contribution is 0.267. The molecule has 98 valence electrons. The van der Waals surface area contributed by atoms with Crippen molar-refractivity contribution in [3.05, 3.63) is 11.8 Å². The zero-order valence-corrected chi connectivity index (χ0v) is 12.7. The van der Waals surface area contributed by atoms with Gasteiger partial charge in [-0.25, -0.2) is 0 Å². The lowest BCUT2D eigenvalue weighted by atomic mass is 10.2. The van der Waals surface area contributed by atoms with Crippen LogP contribution in [0.4, 0.5) is 0 Å². The van der Waals surface area contributed by atoms with E-state index in [1.165, 1.54) is 69.9 Å². The summed E-state index contributed by atoms with van der Waals surface area (Å²) in [4.78, 5) is 0. The third-order valence-corrected chi connectivity index (χ3v) is 9.73.